The van der Waals surface area contributed by atoms with Gasteiger partial charge in [0.05, 0.1) is 0 Å². The van der Waals surface area contributed by atoms with E-state index < -0.39 is 0 Å². The molecule has 252 valence electrons. The Labute approximate surface area is 290 Å². The fraction of sp³-hybridized carbons (Fsp3) is 0.364. The predicted molar refractivity (Wildman–Crippen MR) is 210 cm³/mol. The Hall–Kier alpha value is -4.28. The summed E-state index contributed by atoms with van der Waals surface area (Å²) in [7, 11) is 0. The molecule has 0 bridgehead atoms. The second-order valence-electron chi connectivity index (χ2n) is 13.1. The van der Waals surface area contributed by atoms with Gasteiger partial charge in [-0.2, -0.15) is 0 Å². The van der Waals surface area contributed by atoms with Crippen molar-refractivity contribution < 1.29 is 0 Å². The summed E-state index contributed by atoms with van der Waals surface area (Å²) in [5.74, 6) is 0.655. The van der Waals surface area contributed by atoms with Gasteiger partial charge in [0.25, 0.3) is 0 Å². The van der Waals surface area contributed by atoms with Gasteiger partial charge in [-0.15, -0.1) is 0 Å². The van der Waals surface area contributed by atoms with E-state index in [1.165, 1.54) is 55.7 Å². The van der Waals surface area contributed by atoms with Crippen molar-refractivity contribution in [3.05, 3.63) is 137 Å². The van der Waals surface area contributed by atoms with Gasteiger partial charge in [0, 0.05) is 67.1 Å². The van der Waals surface area contributed by atoms with Crippen LogP contribution in [0.25, 0.3) is 10.8 Å². The number of hydrogen-bond acceptors (Lipinski definition) is 4. The van der Waals surface area contributed by atoms with Gasteiger partial charge in [0.1, 0.15) is 0 Å². The SMILES string of the molecule is CCNC(c1ccc(CNc2ccc(C(c3ccc(N(CC)CC)cc3)c3ccc(N(CC)CC)cc3)c3ccccc23)cc1)C(C)C. The van der Waals surface area contributed by atoms with Crippen LogP contribution in [-0.4, -0.2) is 32.7 Å². The Balaban J connectivity index is 1.50. The highest BCUT2D eigenvalue weighted by molar-refractivity contribution is 5.97. The zero-order valence-electron chi connectivity index (χ0n) is 30.3. The molecule has 0 fully saturated rings. The summed E-state index contributed by atoms with van der Waals surface area (Å²) >= 11 is 0. The van der Waals surface area contributed by atoms with Crippen LogP contribution in [0.5, 0.6) is 0 Å². The summed E-state index contributed by atoms with van der Waals surface area (Å²) in [6.45, 7) is 21.4. The van der Waals surface area contributed by atoms with Crippen LogP contribution in [0, 0.1) is 5.92 Å². The van der Waals surface area contributed by atoms with Crippen molar-refractivity contribution in [2.24, 2.45) is 5.92 Å². The molecule has 2 N–H and O–H groups in total. The maximum absolute atomic E-state index is 3.79. The van der Waals surface area contributed by atoms with Crippen molar-refractivity contribution in [3.63, 3.8) is 0 Å². The summed E-state index contributed by atoms with van der Waals surface area (Å²) in [6.07, 6.45) is 0. The number of rotatable bonds is 16. The van der Waals surface area contributed by atoms with Gasteiger partial charge in [-0.05, 0) is 104 Å². The summed E-state index contributed by atoms with van der Waals surface area (Å²) in [4.78, 5) is 4.82. The van der Waals surface area contributed by atoms with E-state index in [0.29, 0.717) is 12.0 Å². The van der Waals surface area contributed by atoms with Crippen LogP contribution in [0.2, 0.25) is 0 Å². The van der Waals surface area contributed by atoms with Crippen LogP contribution in [0.1, 0.15) is 88.2 Å². The molecule has 0 saturated heterocycles. The Morgan fingerprint density at radius 3 is 1.52 bits per heavy atom. The molecule has 0 radical (unpaired) electrons. The molecule has 0 aromatic heterocycles. The van der Waals surface area contributed by atoms with Gasteiger partial charge < -0.3 is 20.4 Å². The van der Waals surface area contributed by atoms with Gasteiger partial charge in [0.15, 0.2) is 0 Å². The summed E-state index contributed by atoms with van der Waals surface area (Å²) < 4.78 is 0. The van der Waals surface area contributed by atoms with E-state index in [9.17, 15) is 0 Å². The average molecular weight is 641 g/mol. The van der Waals surface area contributed by atoms with E-state index in [1.54, 1.807) is 0 Å². The third-order valence-electron chi connectivity index (χ3n) is 9.89. The Bertz CT molecular complexity index is 1640. The zero-order valence-corrected chi connectivity index (χ0v) is 30.3. The topological polar surface area (TPSA) is 30.5 Å². The predicted octanol–water partition coefficient (Wildman–Crippen LogP) is 10.6. The molecule has 5 aromatic rings. The molecule has 0 aliphatic rings. The van der Waals surface area contributed by atoms with E-state index in [0.717, 1.165) is 39.3 Å². The van der Waals surface area contributed by atoms with Gasteiger partial charge >= 0.3 is 0 Å². The summed E-state index contributed by atoms with van der Waals surface area (Å²) in [5.41, 5.74) is 10.3. The molecule has 0 spiro atoms. The number of nitrogens with one attached hydrogen (secondary N) is 2. The molecule has 5 aromatic carbocycles. The minimum Gasteiger partial charge on any atom is -0.380 e. The molecule has 1 atom stereocenters. The largest absolute Gasteiger partial charge is 0.380 e. The number of hydrogen-bond donors (Lipinski definition) is 2. The number of benzene rings is 5. The monoisotopic (exact) mass is 640 g/mol. The molecule has 0 aliphatic carbocycles. The molecule has 0 aliphatic heterocycles. The van der Waals surface area contributed by atoms with Crippen LogP contribution in [0.15, 0.2) is 109 Å². The second-order valence-corrected chi connectivity index (χ2v) is 13.1. The van der Waals surface area contributed by atoms with E-state index in [4.69, 9.17) is 0 Å². The molecule has 0 amide bonds. The molecule has 1 unspecified atom stereocenters. The second kappa shape index (κ2) is 16.7. The Kier molecular flexibility index (Phi) is 12.2. The maximum atomic E-state index is 3.79. The molecule has 0 saturated carbocycles. The fourth-order valence-corrected chi connectivity index (χ4v) is 7.21. The lowest BCUT2D eigenvalue weighted by Gasteiger charge is -2.26. The first-order valence-corrected chi connectivity index (χ1v) is 18.2. The third-order valence-corrected chi connectivity index (χ3v) is 9.89. The van der Waals surface area contributed by atoms with Crippen LogP contribution in [-0.2, 0) is 6.54 Å². The van der Waals surface area contributed by atoms with Crippen LogP contribution in [0.3, 0.4) is 0 Å². The standard InChI is InChI=1S/C44H56N4/c1-8-45-44(32(6)7)36-19-17-33(18-20-36)31-46-42-30-29-41(39-15-13-14-16-40(39)42)43(34-21-25-37(26-22-34)47(9-2)10-3)35-23-27-38(28-24-35)48(11-4)12-5/h13-30,32,43-46H,8-12,31H2,1-7H3. The average Bonchev–Trinajstić information content (AvgIpc) is 3.12. The number of nitrogens with zero attached hydrogens (tertiary/aromatic N) is 2. The zero-order chi connectivity index (χ0) is 34.0. The molecular weight excluding hydrogens is 585 g/mol. The number of anilines is 3. The lowest BCUT2D eigenvalue weighted by atomic mass is 9.82. The first kappa shape index (κ1) is 35.0. The quantitative estimate of drug-likeness (QED) is 0.105. The van der Waals surface area contributed by atoms with Crippen molar-refractivity contribution in [2.45, 2.75) is 67.0 Å². The Morgan fingerprint density at radius 2 is 1.04 bits per heavy atom. The van der Waals surface area contributed by atoms with Gasteiger partial charge in [-0.1, -0.05) is 99.6 Å². The van der Waals surface area contributed by atoms with Crippen LogP contribution >= 0.6 is 0 Å². The third kappa shape index (κ3) is 7.88. The van der Waals surface area contributed by atoms with Crippen molar-refractivity contribution >= 4 is 27.8 Å². The molecule has 48 heavy (non-hydrogen) atoms. The Morgan fingerprint density at radius 1 is 0.542 bits per heavy atom. The van der Waals surface area contributed by atoms with Crippen LogP contribution < -0.4 is 20.4 Å². The minimum atomic E-state index is 0.110. The van der Waals surface area contributed by atoms with Crippen LogP contribution in [0.4, 0.5) is 17.1 Å². The lowest BCUT2D eigenvalue weighted by Crippen LogP contribution is -2.25. The minimum absolute atomic E-state index is 0.110. The highest BCUT2D eigenvalue weighted by atomic mass is 15.1. The summed E-state index contributed by atoms with van der Waals surface area (Å²) in [6, 6.07) is 41.5. The number of fused-ring (bicyclic) bond motifs is 1. The molecular formula is C44H56N4. The first-order chi connectivity index (χ1) is 23.4. The van der Waals surface area contributed by atoms with Crippen molar-refractivity contribution in [3.8, 4) is 0 Å². The maximum Gasteiger partial charge on any atom is 0.0422 e. The lowest BCUT2D eigenvalue weighted by molar-refractivity contribution is 0.421. The van der Waals surface area contributed by atoms with Gasteiger partial charge in [0.2, 0.25) is 0 Å². The molecule has 4 heteroatoms. The van der Waals surface area contributed by atoms with Crippen molar-refractivity contribution in [1.29, 1.82) is 0 Å². The highest BCUT2D eigenvalue weighted by Gasteiger charge is 2.21. The van der Waals surface area contributed by atoms with Gasteiger partial charge in [-0.25, -0.2) is 0 Å². The molecule has 5 rings (SSSR count). The van der Waals surface area contributed by atoms with E-state index in [2.05, 4.69) is 178 Å². The van der Waals surface area contributed by atoms with Crippen molar-refractivity contribution in [1.82, 2.24) is 5.32 Å². The van der Waals surface area contributed by atoms with E-state index >= 15 is 0 Å². The molecule has 4 nitrogen and oxygen atoms in total. The van der Waals surface area contributed by atoms with Crippen molar-refractivity contribution in [2.75, 3.05) is 47.8 Å². The normalized spacial score (nSPS) is 12.1. The fourth-order valence-electron chi connectivity index (χ4n) is 7.21. The van der Waals surface area contributed by atoms with E-state index in [1.807, 2.05) is 0 Å². The first-order valence-electron chi connectivity index (χ1n) is 18.2. The summed E-state index contributed by atoms with van der Waals surface area (Å²) in [5, 5.41) is 9.96. The van der Waals surface area contributed by atoms with Gasteiger partial charge in [-0.3, -0.25) is 0 Å². The molecule has 0 heterocycles. The smallest absolute Gasteiger partial charge is 0.0422 e. The highest BCUT2D eigenvalue weighted by Crippen LogP contribution is 2.39. The van der Waals surface area contributed by atoms with E-state index in [-0.39, 0.29) is 5.92 Å².